The molecule has 0 aliphatic carbocycles. The number of unbranched alkanes of at least 4 members (excludes halogenated alkanes) is 11. The normalized spacial score (nSPS) is 9.11. The van der Waals surface area contributed by atoms with Crippen molar-refractivity contribution >= 4 is 0 Å². The summed E-state index contributed by atoms with van der Waals surface area (Å²) in [4.78, 5) is 0. The van der Waals surface area contributed by atoms with Gasteiger partial charge in [0.05, 0.1) is 0 Å². The summed E-state index contributed by atoms with van der Waals surface area (Å²) in [6.45, 7) is 16.7. The highest BCUT2D eigenvalue weighted by Crippen LogP contribution is 2.08. The molecule has 0 amide bonds. The first kappa shape index (κ1) is 34.0. The highest BCUT2D eigenvalue weighted by Gasteiger charge is 1.89. The van der Waals surface area contributed by atoms with Crippen molar-refractivity contribution in [1.29, 1.82) is 0 Å². The maximum atomic E-state index is 5.38. The van der Waals surface area contributed by atoms with Gasteiger partial charge in [-0.1, -0.05) is 118 Å². The summed E-state index contributed by atoms with van der Waals surface area (Å²) in [6, 6.07) is 0. The molecule has 0 aromatic rings. The molecule has 0 fully saturated rings. The van der Waals surface area contributed by atoms with Crippen molar-refractivity contribution in [2.45, 2.75) is 125 Å². The fourth-order valence-electron chi connectivity index (χ4n) is 2.19. The number of hydrogen-bond acceptors (Lipinski definition) is 3. The van der Waals surface area contributed by atoms with Crippen LogP contribution < -0.4 is 11.5 Å². The molecule has 3 heteroatoms. The second kappa shape index (κ2) is 44.7. The van der Waals surface area contributed by atoms with Crippen molar-refractivity contribution in [2.24, 2.45) is 11.5 Å². The summed E-state index contributed by atoms with van der Waals surface area (Å²) in [5.74, 6) is 0. The third-order valence-corrected chi connectivity index (χ3v) is 3.74. The van der Waals surface area contributed by atoms with E-state index in [4.69, 9.17) is 10.5 Å². The molecule has 0 heterocycles. The van der Waals surface area contributed by atoms with E-state index >= 15 is 0 Å². The third-order valence-electron chi connectivity index (χ3n) is 3.74. The first-order valence-electron chi connectivity index (χ1n) is 11.8. The molecule has 0 aliphatic heterocycles. The fraction of sp³-hybridized carbons (Fsp3) is 0.917. The lowest BCUT2D eigenvalue weighted by Gasteiger charge is -2.00. The van der Waals surface area contributed by atoms with E-state index in [2.05, 4.69) is 40.0 Å². The number of rotatable bonds is 15. The van der Waals surface area contributed by atoms with Crippen molar-refractivity contribution in [3.63, 3.8) is 0 Å². The van der Waals surface area contributed by atoms with E-state index in [-0.39, 0.29) is 0 Å². The lowest BCUT2D eigenvalue weighted by molar-refractivity contribution is 0.127. The molecule has 0 bridgehead atoms. The predicted molar refractivity (Wildman–Crippen MR) is 127 cm³/mol. The van der Waals surface area contributed by atoms with Crippen LogP contribution in [0.15, 0.2) is 12.8 Å². The largest absolute Gasteiger partial charge is 0.405 e. The zero-order valence-corrected chi connectivity index (χ0v) is 19.9. The van der Waals surface area contributed by atoms with Gasteiger partial charge in [0.15, 0.2) is 0 Å². The average Bonchev–Trinajstić information content (AvgIpc) is 2.66. The van der Waals surface area contributed by atoms with Gasteiger partial charge >= 0.3 is 0 Å². The Morgan fingerprint density at radius 1 is 0.593 bits per heavy atom. The Kier molecular flexibility index (Phi) is 56.3. The number of hydrogen-bond donors (Lipinski definition) is 2. The first-order chi connectivity index (χ1) is 13.2. The fourth-order valence-corrected chi connectivity index (χ4v) is 2.19. The molecule has 0 radical (unpaired) electrons. The van der Waals surface area contributed by atoms with Crippen molar-refractivity contribution in [2.75, 3.05) is 19.8 Å². The molecule has 0 unspecified atom stereocenters. The SMILES string of the molecule is C=CN.CCCCCCCCCCC.CCCCCOCCCC.CCN. The monoisotopic (exact) mass is 388 g/mol. The van der Waals surface area contributed by atoms with E-state index in [9.17, 15) is 0 Å². The summed E-state index contributed by atoms with van der Waals surface area (Å²) in [6.07, 6.45) is 20.5. The molecule has 0 aromatic heterocycles. The van der Waals surface area contributed by atoms with Crippen LogP contribution in [-0.2, 0) is 4.74 Å². The Hall–Kier alpha value is -0.540. The van der Waals surface area contributed by atoms with E-state index in [1.807, 2.05) is 6.92 Å². The van der Waals surface area contributed by atoms with Crippen molar-refractivity contribution in [1.82, 2.24) is 0 Å². The summed E-state index contributed by atoms with van der Waals surface area (Å²) >= 11 is 0. The number of ether oxygens (including phenoxy) is 1. The minimum atomic E-state index is 0.750. The van der Waals surface area contributed by atoms with Gasteiger partial charge in [0.25, 0.3) is 0 Å². The maximum Gasteiger partial charge on any atom is 0.0466 e. The molecule has 0 aliphatic rings. The van der Waals surface area contributed by atoms with Crippen LogP contribution in [0.4, 0.5) is 0 Å². The third kappa shape index (κ3) is 67.0. The molecule has 4 N–H and O–H groups in total. The molecule has 0 rings (SSSR count). The topological polar surface area (TPSA) is 61.3 Å². The Bertz CT molecular complexity index is 183. The van der Waals surface area contributed by atoms with Gasteiger partial charge in [-0.3, -0.25) is 0 Å². The van der Waals surface area contributed by atoms with E-state index in [1.54, 1.807) is 0 Å². The highest BCUT2D eigenvalue weighted by molar-refractivity contribution is 4.48. The predicted octanol–water partition coefficient (Wildman–Crippen LogP) is 7.58. The second-order valence-corrected chi connectivity index (χ2v) is 6.79. The molecule has 3 nitrogen and oxygen atoms in total. The molecule has 0 saturated heterocycles. The van der Waals surface area contributed by atoms with E-state index in [1.165, 1.54) is 96.1 Å². The lowest BCUT2D eigenvalue weighted by atomic mass is 10.1. The van der Waals surface area contributed by atoms with Crippen LogP contribution in [0.25, 0.3) is 0 Å². The maximum absolute atomic E-state index is 5.38. The van der Waals surface area contributed by atoms with Crippen LogP contribution in [0.2, 0.25) is 0 Å². The molecular formula is C24H56N2O. The molecule has 0 saturated carbocycles. The summed E-state index contributed by atoms with van der Waals surface area (Å²) in [5.41, 5.74) is 9.46. The quantitative estimate of drug-likeness (QED) is 0.284. The van der Waals surface area contributed by atoms with Crippen LogP contribution in [0.3, 0.4) is 0 Å². The molecule has 168 valence electrons. The van der Waals surface area contributed by atoms with Crippen LogP contribution >= 0.6 is 0 Å². The zero-order chi connectivity index (χ0) is 21.4. The van der Waals surface area contributed by atoms with Crippen LogP contribution in [0, 0.1) is 0 Å². The molecule has 27 heavy (non-hydrogen) atoms. The Morgan fingerprint density at radius 3 is 1.19 bits per heavy atom. The Balaban J connectivity index is -0.000000152. The van der Waals surface area contributed by atoms with Gasteiger partial charge in [0, 0.05) is 13.2 Å². The zero-order valence-electron chi connectivity index (χ0n) is 19.9. The lowest BCUT2D eigenvalue weighted by Crippen LogP contribution is -1.95. The Morgan fingerprint density at radius 2 is 0.852 bits per heavy atom. The van der Waals surface area contributed by atoms with E-state index in [0.29, 0.717) is 0 Å². The van der Waals surface area contributed by atoms with Gasteiger partial charge < -0.3 is 16.2 Å². The standard InChI is InChI=1S/C11H24.C9H20O.C2H7N.C2H5N/c1-3-5-7-9-11-10-8-6-4-2;1-3-5-7-9-10-8-6-4-2;2*1-2-3/h3-11H2,1-2H3;3-9H2,1-2H3;2-3H2,1H3;2H,1,3H2. The van der Waals surface area contributed by atoms with Crippen molar-refractivity contribution in [3.05, 3.63) is 12.8 Å². The average molecular weight is 389 g/mol. The van der Waals surface area contributed by atoms with Gasteiger partial charge in [-0.25, -0.2) is 0 Å². The first-order valence-corrected chi connectivity index (χ1v) is 11.8. The Labute approximate surface area is 173 Å². The van der Waals surface area contributed by atoms with Gasteiger partial charge in [0.2, 0.25) is 0 Å². The summed E-state index contributed by atoms with van der Waals surface area (Å²) < 4.78 is 5.38. The van der Waals surface area contributed by atoms with Gasteiger partial charge in [-0.05, 0) is 25.6 Å². The van der Waals surface area contributed by atoms with Crippen LogP contribution in [0.1, 0.15) is 125 Å². The smallest absolute Gasteiger partial charge is 0.0466 e. The van der Waals surface area contributed by atoms with Gasteiger partial charge in [-0.2, -0.15) is 0 Å². The molecule has 0 aromatic carbocycles. The minimum Gasteiger partial charge on any atom is -0.405 e. The van der Waals surface area contributed by atoms with E-state index in [0.717, 1.165) is 19.8 Å². The van der Waals surface area contributed by atoms with Gasteiger partial charge in [0.1, 0.15) is 0 Å². The highest BCUT2D eigenvalue weighted by atomic mass is 16.5. The molecule has 0 spiro atoms. The van der Waals surface area contributed by atoms with Gasteiger partial charge in [-0.15, -0.1) is 0 Å². The second-order valence-electron chi connectivity index (χ2n) is 6.79. The number of nitrogens with two attached hydrogens (primary N) is 2. The molecule has 0 atom stereocenters. The van der Waals surface area contributed by atoms with E-state index < -0.39 is 0 Å². The van der Waals surface area contributed by atoms with Crippen LogP contribution in [0.5, 0.6) is 0 Å². The van der Waals surface area contributed by atoms with Crippen molar-refractivity contribution < 1.29 is 4.74 Å². The van der Waals surface area contributed by atoms with Crippen molar-refractivity contribution in [3.8, 4) is 0 Å². The molecular weight excluding hydrogens is 332 g/mol. The minimum absolute atomic E-state index is 0.750. The van der Waals surface area contributed by atoms with Crippen LogP contribution in [-0.4, -0.2) is 19.8 Å². The summed E-state index contributed by atoms with van der Waals surface area (Å²) in [5, 5.41) is 0. The summed E-state index contributed by atoms with van der Waals surface area (Å²) in [7, 11) is 0.